The van der Waals surface area contributed by atoms with Gasteiger partial charge in [-0.05, 0) is 25.3 Å². The van der Waals surface area contributed by atoms with Crippen LogP contribution in [-0.2, 0) is 10.5 Å². The SMILES string of the molecule is CC(SCc1ccccc1)C(=O)N(CCO)C1CC1. The van der Waals surface area contributed by atoms with Crippen molar-refractivity contribution in [2.75, 3.05) is 13.2 Å². The van der Waals surface area contributed by atoms with Crippen molar-refractivity contribution in [3.63, 3.8) is 0 Å². The molecule has 0 bridgehead atoms. The highest BCUT2D eigenvalue weighted by molar-refractivity contribution is 7.99. The monoisotopic (exact) mass is 279 g/mol. The van der Waals surface area contributed by atoms with Gasteiger partial charge in [-0.25, -0.2) is 0 Å². The fraction of sp³-hybridized carbons (Fsp3) is 0.533. The number of benzene rings is 1. The highest BCUT2D eigenvalue weighted by Crippen LogP contribution is 2.29. The van der Waals surface area contributed by atoms with E-state index in [-0.39, 0.29) is 17.8 Å². The van der Waals surface area contributed by atoms with Gasteiger partial charge in [0.15, 0.2) is 0 Å². The summed E-state index contributed by atoms with van der Waals surface area (Å²) in [5.41, 5.74) is 1.24. The first-order chi connectivity index (χ1) is 9.22. The van der Waals surface area contributed by atoms with Gasteiger partial charge in [0.05, 0.1) is 11.9 Å². The van der Waals surface area contributed by atoms with Crippen LogP contribution in [0.2, 0.25) is 0 Å². The number of nitrogens with zero attached hydrogens (tertiary/aromatic N) is 1. The Morgan fingerprint density at radius 2 is 2.11 bits per heavy atom. The first-order valence-electron chi connectivity index (χ1n) is 6.79. The molecule has 1 aliphatic rings. The first-order valence-corrected chi connectivity index (χ1v) is 7.84. The molecule has 0 heterocycles. The Morgan fingerprint density at radius 3 is 2.68 bits per heavy atom. The van der Waals surface area contributed by atoms with Crippen LogP contribution in [0.3, 0.4) is 0 Å². The minimum Gasteiger partial charge on any atom is -0.395 e. The topological polar surface area (TPSA) is 40.5 Å². The lowest BCUT2D eigenvalue weighted by Gasteiger charge is -2.24. The standard InChI is InChI=1S/C15H21NO2S/c1-12(19-11-13-5-3-2-4-6-13)15(18)16(9-10-17)14-7-8-14/h2-6,12,14,17H,7-11H2,1H3. The van der Waals surface area contributed by atoms with Crippen LogP contribution in [0.15, 0.2) is 30.3 Å². The second-order valence-electron chi connectivity index (χ2n) is 4.93. The predicted molar refractivity (Wildman–Crippen MR) is 79.0 cm³/mol. The molecule has 4 heteroatoms. The number of carbonyl (C=O) groups excluding carboxylic acids is 1. The van der Waals surface area contributed by atoms with Crippen molar-refractivity contribution in [2.24, 2.45) is 0 Å². The third-order valence-electron chi connectivity index (χ3n) is 3.30. The molecule has 1 saturated carbocycles. The zero-order valence-corrected chi connectivity index (χ0v) is 12.1. The molecule has 104 valence electrons. The maximum Gasteiger partial charge on any atom is 0.235 e. The lowest BCUT2D eigenvalue weighted by Crippen LogP contribution is -2.40. The van der Waals surface area contributed by atoms with E-state index in [1.807, 2.05) is 30.0 Å². The fourth-order valence-electron chi connectivity index (χ4n) is 2.07. The summed E-state index contributed by atoms with van der Waals surface area (Å²) in [7, 11) is 0. The van der Waals surface area contributed by atoms with E-state index in [1.54, 1.807) is 11.8 Å². The van der Waals surface area contributed by atoms with Gasteiger partial charge in [0, 0.05) is 18.3 Å². The molecule has 0 saturated heterocycles. The van der Waals surface area contributed by atoms with E-state index >= 15 is 0 Å². The van der Waals surface area contributed by atoms with Gasteiger partial charge in [-0.15, -0.1) is 11.8 Å². The minimum absolute atomic E-state index is 0.0487. The Labute approximate surface area is 119 Å². The molecule has 1 aromatic carbocycles. The average molecular weight is 279 g/mol. The molecule has 1 amide bonds. The summed E-state index contributed by atoms with van der Waals surface area (Å²) in [5, 5.41) is 9.00. The number of thioether (sulfide) groups is 1. The second-order valence-corrected chi connectivity index (χ2v) is 6.25. The number of aliphatic hydroxyl groups is 1. The summed E-state index contributed by atoms with van der Waals surface area (Å²) < 4.78 is 0. The first kappa shape index (κ1) is 14.4. The molecule has 1 N–H and O–H groups in total. The van der Waals surface area contributed by atoms with Crippen molar-refractivity contribution >= 4 is 17.7 Å². The summed E-state index contributed by atoms with van der Waals surface area (Å²) in [6.07, 6.45) is 2.17. The number of rotatable bonds is 7. The molecular weight excluding hydrogens is 258 g/mol. The zero-order chi connectivity index (χ0) is 13.7. The summed E-state index contributed by atoms with van der Waals surface area (Å²) in [6.45, 7) is 2.49. The highest BCUT2D eigenvalue weighted by atomic mass is 32.2. The van der Waals surface area contributed by atoms with Crippen LogP contribution in [-0.4, -0.2) is 40.4 Å². The number of carbonyl (C=O) groups is 1. The largest absolute Gasteiger partial charge is 0.395 e. The minimum atomic E-state index is -0.0487. The summed E-state index contributed by atoms with van der Waals surface area (Å²) >= 11 is 1.66. The number of hydrogen-bond donors (Lipinski definition) is 1. The third kappa shape index (κ3) is 4.25. The van der Waals surface area contributed by atoms with Gasteiger partial charge in [0.2, 0.25) is 5.91 Å². The smallest absolute Gasteiger partial charge is 0.235 e. The van der Waals surface area contributed by atoms with E-state index in [0.717, 1.165) is 18.6 Å². The quantitative estimate of drug-likeness (QED) is 0.832. The van der Waals surface area contributed by atoms with Gasteiger partial charge in [-0.2, -0.15) is 0 Å². The second kappa shape index (κ2) is 6.96. The van der Waals surface area contributed by atoms with E-state index < -0.39 is 0 Å². The lowest BCUT2D eigenvalue weighted by atomic mass is 10.2. The van der Waals surface area contributed by atoms with E-state index in [0.29, 0.717) is 12.6 Å². The van der Waals surface area contributed by atoms with E-state index in [9.17, 15) is 4.79 Å². The molecule has 19 heavy (non-hydrogen) atoms. The Balaban J connectivity index is 1.84. The molecule has 0 aromatic heterocycles. The normalized spacial score (nSPS) is 16.1. The average Bonchev–Trinajstić information content (AvgIpc) is 3.27. The van der Waals surface area contributed by atoms with Crippen molar-refractivity contribution in [3.8, 4) is 0 Å². The molecule has 1 aromatic rings. The summed E-state index contributed by atoms with van der Waals surface area (Å²) in [4.78, 5) is 14.2. The van der Waals surface area contributed by atoms with Crippen LogP contribution in [0.25, 0.3) is 0 Å². The molecule has 1 aliphatic carbocycles. The molecule has 0 radical (unpaired) electrons. The maximum atomic E-state index is 12.3. The Bertz CT molecular complexity index is 406. The van der Waals surface area contributed by atoms with Crippen molar-refractivity contribution in [1.82, 2.24) is 4.90 Å². The van der Waals surface area contributed by atoms with Crippen LogP contribution < -0.4 is 0 Å². The van der Waals surface area contributed by atoms with E-state index in [1.165, 1.54) is 5.56 Å². The summed E-state index contributed by atoms with van der Waals surface area (Å²) in [5.74, 6) is 1.02. The summed E-state index contributed by atoms with van der Waals surface area (Å²) in [6, 6.07) is 10.6. The zero-order valence-electron chi connectivity index (χ0n) is 11.3. The molecule has 1 fully saturated rings. The van der Waals surface area contributed by atoms with Gasteiger partial charge in [0.1, 0.15) is 0 Å². The Kier molecular flexibility index (Phi) is 5.28. The van der Waals surface area contributed by atoms with Crippen LogP contribution in [0.5, 0.6) is 0 Å². The van der Waals surface area contributed by atoms with Gasteiger partial charge >= 0.3 is 0 Å². The predicted octanol–water partition coefficient (Wildman–Crippen LogP) is 2.29. The fourth-order valence-corrected chi connectivity index (χ4v) is 2.98. The molecule has 0 aliphatic heterocycles. The number of aliphatic hydroxyl groups excluding tert-OH is 1. The molecule has 2 rings (SSSR count). The van der Waals surface area contributed by atoms with Crippen molar-refractivity contribution in [1.29, 1.82) is 0 Å². The van der Waals surface area contributed by atoms with Crippen molar-refractivity contribution in [2.45, 2.75) is 36.8 Å². The van der Waals surface area contributed by atoms with Crippen LogP contribution in [0, 0.1) is 0 Å². The van der Waals surface area contributed by atoms with Gasteiger partial charge < -0.3 is 10.0 Å². The van der Waals surface area contributed by atoms with E-state index in [4.69, 9.17) is 5.11 Å². The molecule has 1 atom stereocenters. The number of hydrogen-bond acceptors (Lipinski definition) is 3. The van der Waals surface area contributed by atoms with Crippen LogP contribution in [0.4, 0.5) is 0 Å². The van der Waals surface area contributed by atoms with Crippen molar-refractivity contribution in [3.05, 3.63) is 35.9 Å². The molecule has 3 nitrogen and oxygen atoms in total. The highest BCUT2D eigenvalue weighted by Gasteiger charge is 2.34. The Hall–Kier alpha value is -1.00. The van der Waals surface area contributed by atoms with Gasteiger partial charge in [0.25, 0.3) is 0 Å². The van der Waals surface area contributed by atoms with E-state index in [2.05, 4.69) is 12.1 Å². The van der Waals surface area contributed by atoms with Gasteiger partial charge in [-0.1, -0.05) is 30.3 Å². The van der Waals surface area contributed by atoms with Gasteiger partial charge in [-0.3, -0.25) is 4.79 Å². The van der Waals surface area contributed by atoms with Crippen LogP contribution in [0.1, 0.15) is 25.3 Å². The lowest BCUT2D eigenvalue weighted by molar-refractivity contribution is -0.131. The molecule has 1 unspecified atom stereocenters. The van der Waals surface area contributed by atoms with Crippen molar-refractivity contribution < 1.29 is 9.90 Å². The maximum absolute atomic E-state index is 12.3. The van der Waals surface area contributed by atoms with Crippen LogP contribution >= 0.6 is 11.8 Å². The molecular formula is C15H21NO2S. The molecule has 0 spiro atoms. The Morgan fingerprint density at radius 1 is 1.42 bits per heavy atom. The third-order valence-corrected chi connectivity index (χ3v) is 4.50. The number of amides is 1.